The molecule has 0 spiro atoms. The number of para-hydroxylation sites is 1. The maximum absolute atomic E-state index is 12.2. The summed E-state index contributed by atoms with van der Waals surface area (Å²) >= 11 is 0. The van der Waals surface area contributed by atoms with E-state index in [2.05, 4.69) is 15.5 Å². The normalized spacial score (nSPS) is 12.0. The molecule has 0 aliphatic carbocycles. The van der Waals surface area contributed by atoms with Crippen molar-refractivity contribution in [2.45, 2.75) is 32.9 Å². The van der Waals surface area contributed by atoms with Gasteiger partial charge >= 0.3 is 0 Å². The highest BCUT2D eigenvalue weighted by Gasteiger charge is 2.17. The summed E-state index contributed by atoms with van der Waals surface area (Å²) in [4.78, 5) is 15.4. The molecule has 0 aliphatic rings. The smallest absolute Gasteiger partial charge is 0.237 e. The minimum atomic E-state index is -0.602. The molecule has 6 nitrogen and oxygen atoms in total. The van der Waals surface area contributed by atoms with E-state index in [0.29, 0.717) is 18.7 Å². The van der Waals surface area contributed by atoms with E-state index in [9.17, 15) is 4.79 Å². The monoisotopic (exact) mass is 348 g/mol. The Labute approximate surface area is 146 Å². The number of amides is 1. The molecular weight excluding hydrogens is 328 g/mol. The maximum Gasteiger partial charge on any atom is 0.237 e. The first-order valence-corrected chi connectivity index (χ1v) is 7.56. The molecule has 2 heterocycles. The molecule has 24 heavy (non-hydrogen) atoms. The van der Waals surface area contributed by atoms with Gasteiger partial charge < -0.3 is 20.6 Å². The average molecular weight is 349 g/mol. The van der Waals surface area contributed by atoms with Crippen LogP contribution in [-0.4, -0.2) is 22.1 Å². The van der Waals surface area contributed by atoms with Gasteiger partial charge in [-0.05, 0) is 31.9 Å². The van der Waals surface area contributed by atoms with Gasteiger partial charge in [0.15, 0.2) is 0 Å². The number of aromatic amines is 1. The lowest BCUT2D eigenvalue weighted by Crippen LogP contribution is -2.41. The molecule has 0 unspecified atom stereocenters. The first-order chi connectivity index (χ1) is 11.1. The van der Waals surface area contributed by atoms with Crippen LogP contribution in [0.1, 0.15) is 22.6 Å². The highest BCUT2D eigenvalue weighted by Crippen LogP contribution is 2.19. The van der Waals surface area contributed by atoms with Gasteiger partial charge in [-0.3, -0.25) is 4.79 Å². The number of nitrogens with one attached hydrogen (secondary N) is 2. The zero-order valence-corrected chi connectivity index (χ0v) is 14.4. The number of H-pyrrole nitrogens is 1. The first-order valence-electron chi connectivity index (χ1n) is 7.56. The van der Waals surface area contributed by atoms with Crippen molar-refractivity contribution in [1.29, 1.82) is 0 Å². The van der Waals surface area contributed by atoms with Crippen molar-refractivity contribution in [3.8, 4) is 0 Å². The Morgan fingerprint density at radius 2 is 2.12 bits per heavy atom. The van der Waals surface area contributed by atoms with E-state index in [1.165, 1.54) is 0 Å². The topological polar surface area (TPSA) is 96.9 Å². The second-order valence-electron chi connectivity index (χ2n) is 5.69. The number of nitrogens with two attached hydrogens (primary N) is 1. The Balaban J connectivity index is 0.00000208. The maximum atomic E-state index is 12.2. The fourth-order valence-electron chi connectivity index (χ4n) is 2.69. The van der Waals surface area contributed by atoms with Gasteiger partial charge in [0.25, 0.3) is 0 Å². The van der Waals surface area contributed by atoms with E-state index in [4.69, 9.17) is 10.3 Å². The van der Waals surface area contributed by atoms with Crippen LogP contribution in [0.2, 0.25) is 0 Å². The lowest BCUT2D eigenvalue weighted by Gasteiger charge is -2.12. The molecule has 7 heteroatoms. The molecule has 3 rings (SSSR count). The summed E-state index contributed by atoms with van der Waals surface area (Å²) in [6, 6.07) is 7.37. The van der Waals surface area contributed by atoms with Gasteiger partial charge in [0, 0.05) is 29.2 Å². The minimum absolute atomic E-state index is 0. The van der Waals surface area contributed by atoms with Gasteiger partial charge in [0.05, 0.1) is 11.7 Å². The van der Waals surface area contributed by atoms with Gasteiger partial charge in [0.2, 0.25) is 5.91 Å². The molecule has 1 atom stereocenters. The first kappa shape index (κ1) is 18.0. The van der Waals surface area contributed by atoms with Gasteiger partial charge in [-0.15, -0.1) is 12.4 Å². The number of halogens is 1. The zero-order valence-electron chi connectivity index (χ0n) is 13.6. The molecule has 0 saturated carbocycles. The molecule has 128 valence electrons. The summed E-state index contributed by atoms with van der Waals surface area (Å²) in [6.07, 6.45) is 2.39. The summed E-state index contributed by atoms with van der Waals surface area (Å²) in [5.41, 5.74) is 9.83. The van der Waals surface area contributed by atoms with Crippen LogP contribution in [0.25, 0.3) is 10.9 Å². The molecule has 1 aromatic carbocycles. The fraction of sp³-hybridized carbons (Fsp3) is 0.294. The van der Waals surface area contributed by atoms with Crippen LogP contribution in [0.15, 0.2) is 35.0 Å². The third-order valence-corrected chi connectivity index (χ3v) is 4.07. The fourth-order valence-corrected chi connectivity index (χ4v) is 2.69. The molecule has 4 N–H and O–H groups in total. The van der Waals surface area contributed by atoms with Gasteiger partial charge in [0.1, 0.15) is 5.76 Å². The molecule has 3 aromatic rings. The number of aryl methyl sites for hydroxylation is 2. The molecule has 0 aliphatic heterocycles. The quantitative estimate of drug-likeness (QED) is 0.659. The van der Waals surface area contributed by atoms with E-state index >= 15 is 0 Å². The summed E-state index contributed by atoms with van der Waals surface area (Å²) in [7, 11) is 0. The zero-order chi connectivity index (χ0) is 16.4. The van der Waals surface area contributed by atoms with E-state index in [0.717, 1.165) is 27.7 Å². The second-order valence-corrected chi connectivity index (χ2v) is 5.69. The predicted octanol–water partition coefficient (Wildman–Crippen LogP) is 2.38. The van der Waals surface area contributed by atoms with E-state index in [1.54, 1.807) is 0 Å². The van der Waals surface area contributed by atoms with Crippen molar-refractivity contribution >= 4 is 29.2 Å². The Kier molecular flexibility index (Phi) is 5.64. The predicted molar refractivity (Wildman–Crippen MR) is 95.0 cm³/mol. The molecule has 0 saturated heterocycles. The van der Waals surface area contributed by atoms with Crippen molar-refractivity contribution in [3.63, 3.8) is 0 Å². The number of carbonyl (C=O) groups is 1. The van der Waals surface area contributed by atoms with Crippen molar-refractivity contribution in [3.05, 3.63) is 53.0 Å². The summed E-state index contributed by atoms with van der Waals surface area (Å²) < 4.78 is 5.08. The van der Waals surface area contributed by atoms with Crippen LogP contribution < -0.4 is 11.1 Å². The largest absolute Gasteiger partial charge is 0.361 e. The van der Waals surface area contributed by atoms with Crippen molar-refractivity contribution in [2.75, 3.05) is 0 Å². The molecule has 2 aromatic heterocycles. The number of hydrogen-bond acceptors (Lipinski definition) is 4. The van der Waals surface area contributed by atoms with Gasteiger partial charge in [-0.25, -0.2) is 0 Å². The van der Waals surface area contributed by atoms with Crippen LogP contribution in [-0.2, 0) is 17.8 Å². The van der Waals surface area contributed by atoms with Crippen molar-refractivity contribution in [1.82, 2.24) is 15.5 Å². The van der Waals surface area contributed by atoms with Crippen LogP contribution in [0.3, 0.4) is 0 Å². The van der Waals surface area contributed by atoms with Crippen molar-refractivity contribution < 1.29 is 9.32 Å². The number of rotatable bonds is 5. The number of fused-ring (bicyclic) bond motifs is 1. The average Bonchev–Trinajstić information content (AvgIpc) is 3.09. The Morgan fingerprint density at radius 1 is 1.38 bits per heavy atom. The lowest BCUT2D eigenvalue weighted by molar-refractivity contribution is -0.122. The standard InChI is InChI=1S/C17H20N4O2.ClH/c1-10-14(11(2)23-21-10)9-20-17(22)15(18)7-12-8-19-16-6-4-3-5-13(12)16;/h3-6,8,15,19H,7,9,18H2,1-2H3,(H,20,22);1H/t15-;/m0./s1. The van der Waals surface area contributed by atoms with Crippen LogP contribution in [0.4, 0.5) is 0 Å². The van der Waals surface area contributed by atoms with Crippen molar-refractivity contribution in [2.24, 2.45) is 5.73 Å². The third-order valence-electron chi connectivity index (χ3n) is 4.07. The molecule has 1 amide bonds. The van der Waals surface area contributed by atoms with E-state index < -0.39 is 6.04 Å². The third kappa shape index (κ3) is 3.60. The summed E-state index contributed by atoms with van der Waals surface area (Å²) in [5.74, 6) is 0.531. The molecule has 0 fully saturated rings. The van der Waals surface area contributed by atoms with Crippen LogP contribution >= 0.6 is 12.4 Å². The highest BCUT2D eigenvalue weighted by atomic mass is 35.5. The minimum Gasteiger partial charge on any atom is -0.361 e. The second kappa shape index (κ2) is 7.51. The van der Waals surface area contributed by atoms with Crippen LogP contribution in [0.5, 0.6) is 0 Å². The Hall–Kier alpha value is -2.31. The Morgan fingerprint density at radius 3 is 2.83 bits per heavy atom. The molecule has 0 bridgehead atoms. The SMILES string of the molecule is Cc1noc(C)c1CNC(=O)[C@@H](N)Cc1c[nH]c2ccccc12.Cl. The number of nitrogens with zero attached hydrogens (tertiary/aromatic N) is 1. The lowest BCUT2D eigenvalue weighted by atomic mass is 10.0. The van der Waals surface area contributed by atoms with Gasteiger partial charge in [-0.1, -0.05) is 23.4 Å². The summed E-state index contributed by atoms with van der Waals surface area (Å²) in [6.45, 7) is 4.05. The molecular formula is C17H21ClN4O2. The number of hydrogen-bond donors (Lipinski definition) is 3. The van der Waals surface area contributed by atoms with Crippen LogP contribution in [0, 0.1) is 13.8 Å². The number of carbonyl (C=O) groups excluding carboxylic acids is 1. The summed E-state index contributed by atoms with van der Waals surface area (Å²) in [5, 5.41) is 7.82. The highest BCUT2D eigenvalue weighted by molar-refractivity contribution is 5.86. The Bertz CT molecular complexity index is 821. The molecule has 0 radical (unpaired) electrons. The van der Waals surface area contributed by atoms with Gasteiger partial charge in [-0.2, -0.15) is 0 Å². The number of benzene rings is 1. The number of aromatic nitrogens is 2. The van der Waals surface area contributed by atoms with E-state index in [-0.39, 0.29) is 18.3 Å². The van der Waals surface area contributed by atoms with E-state index in [1.807, 2.05) is 44.3 Å².